The Bertz CT molecular complexity index is 633. The van der Waals surface area contributed by atoms with Gasteiger partial charge < -0.3 is 9.84 Å². The summed E-state index contributed by atoms with van der Waals surface area (Å²) in [6.45, 7) is 18.1. The van der Waals surface area contributed by atoms with Crippen LogP contribution in [0.1, 0.15) is 120 Å². The predicted molar refractivity (Wildman–Crippen MR) is 135 cm³/mol. The first-order valence-electron chi connectivity index (χ1n) is 13.6. The normalized spacial score (nSPS) is 31.0. The van der Waals surface area contributed by atoms with E-state index in [1.807, 2.05) is 6.92 Å². The van der Waals surface area contributed by atoms with E-state index < -0.39 is 17.8 Å². The number of esters is 1. The molecule has 2 rings (SSSR count). The van der Waals surface area contributed by atoms with Crippen molar-refractivity contribution in [2.24, 2.45) is 46.3 Å². The molecule has 4 nitrogen and oxygen atoms in total. The van der Waals surface area contributed by atoms with E-state index >= 15 is 0 Å². The minimum atomic E-state index is -0.842. The van der Waals surface area contributed by atoms with E-state index in [9.17, 15) is 14.7 Å². The van der Waals surface area contributed by atoms with Gasteiger partial charge in [-0.05, 0) is 92.3 Å². The Morgan fingerprint density at radius 3 is 2.06 bits per heavy atom. The Morgan fingerprint density at radius 2 is 1.55 bits per heavy atom. The molecule has 0 radical (unpaired) electrons. The van der Waals surface area contributed by atoms with Gasteiger partial charge in [0.15, 0.2) is 0 Å². The Balaban J connectivity index is 2.09. The second-order valence-electron chi connectivity index (χ2n) is 13.8. The zero-order chi connectivity index (χ0) is 25.0. The van der Waals surface area contributed by atoms with Crippen molar-refractivity contribution >= 4 is 11.9 Å². The van der Waals surface area contributed by atoms with Crippen LogP contribution in [0, 0.1) is 46.3 Å². The molecular weight excluding hydrogens is 412 g/mol. The SMILES string of the molecule is CC(CCC(OC(=O)C1CCCC(C)C1C(=O)O)C1CCC(C(C)(C)C)CC1)CC(C)(C)C. The molecular formula is C29H52O4. The van der Waals surface area contributed by atoms with Crippen molar-refractivity contribution < 1.29 is 19.4 Å². The first-order chi connectivity index (χ1) is 15.2. The number of hydrogen-bond acceptors (Lipinski definition) is 3. The van der Waals surface area contributed by atoms with E-state index in [1.54, 1.807) is 0 Å². The number of carboxylic acid groups (broad SMARTS) is 1. The average molecular weight is 465 g/mol. The molecule has 2 aliphatic carbocycles. The molecule has 5 unspecified atom stereocenters. The Morgan fingerprint density at radius 1 is 0.939 bits per heavy atom. The minimum absolute atomic E-state index is 0.0290. The summed E-state index contributed by atoms with van der Waals surface area (Å²) in [5, 5.41) is 9.79. The van der Waals surface area contributed by atoms with Crippen LogP contribution in [0.25, 0.3) is 0 Å². The lowest BCUT2D eigenvalue weighted by molar-refractivity contribution is -0.169. The highest BCUT2D eigenvalue weighted by Gasteiger charge is 2.43. The molecule has 0 aromatic rings. The molecule has 33 heavy (non-hydrogen) atoms. The maximum Gasteiger partial charge on any atom is 0.310 e. The second kappa shape index (κ2) is 11.6. The summed E-state index contributed by atoms with van der Waals surface area (Å²) in [5.74, 6) is -0.459. The molecule has 0 bridgehead atoms. The smallest absolute Gasteiger partial charge is 0.310 e. The van der Waals surface area contributed by atoms with E-state index in [2.05, 4.69) is 48.5 Å². The molecule has 0 aromatic heterocycles. The van der Waals surface area contributed by atoms with Crippen molar-refractivity contribution in [1.82, 2.24) is 0 Å². The predicted octanol–water partition coefficient (Wildman–Crippen LogP) is 7.74. The zero-order valence-corrected chi connectivity index (χ0v) is 22.8. The summed E-state index contributed by atoms with van der Waals surface area (Å²) in [4.78, 5) is 25.3. The second-order valence-corrected chi connectivity index (χ2v) is 13.8. The molecule has 4 heteroatoms. The van der Waals surface area contributed by atoms with Gasteiger partial charge in [-0.1, -0.05) is 61.8 Å². The van der Waals surface area contributed by atoms with Crippen LogP contribution >= 0.6 is 0 Å². The van der Waals surface area contributed by atoms with Crippen LogP contribution in [0.4, 0.5) is 0 Å². The number of rotatable bonds is 8. The van der Waals surface area contributed by atoms with Crippen molar-refractivity contribution in [3.8, 4) is 0 Å². The highest BCUT2D eigenvalue weighted by Crippen LogP contribution is 2.43. The summed E-state index contributed by atoms with van der Waals surface area (Å²) in [6, 6.07) is 0. The molecule has 5 atom stereocenters. The first-order valence-corrected chi connectivity index (χ1v) is 13.6. The van der Waals surface area contributed by atoms with Crippen molar-refractivity contribution in [3.63, 3.8) is 0 Å². The molecule has 2 aliphatic rings. The Hall–Kier alpha value is -1.06. The van der Waals surface area contributed by atoms with Crippen LogP contribution in [0.5, 0.6) is 0 Å². The molecule has 0 spiro atoms. The van der Waals surface area contributed by atoms with Crippen LogP contribution in [-0.4, -0.2) is 23.1 Å². The van der Waals surface area contributed by atoms with Crippen molar-refractivity contribution in [1.29, 1.82) is 0 Å². The van der Waals surface area contributed by atoms with E-state index in [0.29, 0.717) is 29.1 Å². The molecule has 2 saturated carbocycles. The standard InChI is InChI=1S/C29H52O4/c1-19(18-28(3,4)5)12-17-24(21-13-15-22(16-14-21)29(6,7)8)33-27(32)23-11-9-10-20(2)25(23)26(30)31/h19-25H,9-18H2,1-8H3,(H,30,31). The zero-order valence-electron chi connectivity index (χ0n) is 22.8. The molecule has 0 saturated heterocycles. The van der Waals surface area contributed by atoms with Crippen LogP contribution in [0.2, 0.25) is 0 Å². The lowest BCUT2D eigenvalue weighted by Gasteiger charge is -2.40. The third kappa shape index (κ3) is 8.58. The summed E-state index contributed by atoms with van der Waals surface area (Å²) < 4.78 is 6.26. The average Bonchev–Trinajstić information content (AvgIpc) is 2.68. The molecule has 2 fully saturated rings. The summed E-state index contributed by atoms with van der Waals surface area (Å²) in [7, 11) is 0. The topological polar surface area (TPSA) is 63.6 Å². The molecule has 1 N–H and O–H groups in total. The van der Waals surface area contributed by atoms with Gasteiger partial charge in [-0.3, -0.25) is 9.59 Å². The lowest BCUT2D eigenvalue weighted by atomic mass is 9.68. The van der Waals surface area contributed by atoms with Crippen LogP contribution in [-0.2, 0) is 14.3 Å². The number of ether oxygens (including phenoxy) is 1. The number of carboxylic acids is 1. The highest BCUT2D eigenvalue weighted by atomic mass is 16.5. The van der Waals surface area contributed by atoms with Gasteiger partial charge in [0.1, 0.15) is 6.10 Å². The number of carbonyl (C=O) groups excluding carboxylic acids is 1. The Kier molecular flexibility index (Phi) is 9.89. The molecule has 0 aliphatic heterocycles. The highest BCUT2D eigenvalue weighted by molar-refractivity contribution is 5.81. The van der Waals surface area contributed by atoms with E-state index in [-0.39, 0.29) is 18.0 Å². The first kappa shape index (κ1) is 28.2. The number of hydrogen-bond donors (Lipinski definition) is 1. The van der Waals surface area contributed by atoms with Gasteiger partial charge in [-0.15, -0.1) is 0 Å². The molecule has 192 valence electrons. The fourth-order valence-corrected chi connectivity index (χ4v) is 6.68. The van der Waals surface area contributed by atoms with E-state index in [0.717, 1.165) is 50.9 Å². The minimum Gasteiger partial charge on any atom is -0.481 e. The van der Waals surface area contributed by atoms with Gasteiger partial charge in [0.25, 0.3) is 0 Å². The van der Waals surface area contributed by atoms with Crippen molar-refractivity contribution in [3.05, 3.63) is 0 Å². The van der Waals surface area contributed by atoms with Crippen molar-refractivity contribution in [2.45, 2.75) is 126 Å². The molecule has 0 heterocycles. The maximum atomic E-state index is 13.3. The van der Waals surface area contributed by atoms with Crippen LogP contribution < -0.4 is 0 Å². The van der Waals surface area contributed by atoms with Gasteiger partial charge in [-0.25, -0.2) is 0 Å². The third-order valence-corrected chi connectivity index (χ3v) is 8.50. The third-order valence-electron chi connectivity index (χ3n) is 8.50. The maximum absolute atomic E-state index is 13.3. The summed E-state index contributed by atoms with van der Waals surface area (Å²) in [6.07, 6.45) is 10.1. The summed E-state index contributed by atoms with van der Waals surface area (Å²) >= 11 is 0. The fourth-order valence-electron chi connectivity index (χ4n) is 6.68. The van der Waals surface area contributed by atoms with Crippen LogP contribution in [0.15, 0.2) is 0 Å². The van der Waals surface area contributed by atoms with Gasteiger partial charge in [0.2, 0.25) is 0 Å². The Labute approximate surface area is 203 Å². The van der Waals surface area contributed by atoms with Gasteiger partial charge in [0, 0.05) is 0 Å². The fraction of sp³-hybridized carbons (Fsp3) is 0.931. The van der Waals surface area contributed by atoms with Crippen molar-refractivity contribution in [2.75, 3.05) is 0 Å². The van der Waals surface area contributed by atoms with Gasteiger partial charge >= 0.3 is 11.9 Å². The lowest BCUT2D eigenvalue weighted by Crippen LogP contribution is -2.41. The van der Waals surface area contributed by atoms with E-state index in [1.165, 1.54) is 12.8 Å². The van der Waals surface area contributed by atoms with Crippen LogP contribution in [0.3, 0.4) is 0 Å². The van der Waals surface area contributed by atoms with Gasteiger partial charge in [-0.2, -0.15) is 0 Å². The molecule has 0 aromatic carbocycles. The molecule has 0 amide bonds. The largest absolute Gasteiger partial charge is 0.481 e. The van der Waals surface area contributed by atoms with Gasteiger partial charge in [0.05, 0.1) is 11.8 Å². The quantitative estimate of drug-likeness (QED) is 0.373. The summed E-state index contributed by atoms with van der Waals surface area (Å²) in [5.41, 5.74) is 0.620. The number of aliphatic carboxylic acids is 1. The monoisotopic (exact) mass is 464 g/mol. The number of carbonyl (C=O) groups is 2. The van der Waals surface area contributed by atoms with E-state index in [4.69, 9.17) is 4.74 Å².